The minimum Gasteiger partial charge on any atom is -0.368 e. The Bertz CT molecular complexity index is 549. The van der Waals surface area contributed by atoms with Crippen LogP contribution in [-0.2, 0) is 0 Å². The van der Waals surface area contributed by atoms with Crippen LogP contribution in [0.25, 0.3) is 10.2 Å². The van der Waals surface area contributed by atoms with Gasteiger partial charge in [0, 0.05) is 12.6 Å². The largest absolute Gasteiger partial charge is 0.368 e. The predicted molar refractivity (Wildman–Crippen MR) is 82.6 cm³/mol. The van der Waals surface area contributed by atoms with E-state index in [2.05, 4.69) is 48.1 Å². The summed E-state index contributed by atoms with van der Waals surface area (Å²) in [7, 11) is 4.15. The smallest absolute Gasteiger partial charge is 0.223 e. The topological polar surface area (TPSA) is 67.1 Å². The second-order valence-corrected chi connectivity index (χ2v) is 6.22. The summed E-state index contributed by atoms with van der Waals surface area (Å²) in [6, 6.07) is 2.36. The van der Waals surface area contributed by atoms with Crippen molar-refractivity contribution in [3.05, 3.63) is 11.4 Å². The molecule has 0 aliphatic heterocycles. The van der Waals surface area contributed by atoms with Gasteiger partial charge < -0.3 is 16.0 Å². The lowest BCUT2D eigenvalue weighted by Crippen LogP contribution is -2.36. The Kier molecular flexibility index (Phi) is 4.21. The molecule has 1 atom stereocenters. The van der Waals surface area contributed by atoms with Crippen LogP contribution in [0.3, 0.4) is 0 Å². The Morgan fingerprint density at radius 1 is 1.37 bits per heavy atom. The second-order valence-electron chi connectivity index (χ2n) is 5.33. The molecule has 0 spiro atoms. The third-order valence-corrected chi connectivity index (χ3v) is 3.84. The molecular weight excluding hydrogens is 258 g/mol. The fourth-order valence-corrected chi connectivity index (χ4v) is 2.74. The fraction of sp³-hybridized carbons (Fsp3) is 0.538. The van der Waals surface area contributed by atoms with Gasteiger partial charge in [-0.2, -0.15) is 4.98 Å². The zero-order chi connectivity index (χ0) is 14.0. The number of hydrogen-bond acceptors (Lipinski definition) is 6. The Labute approximate surface area is 117 Å². The van der Waals surface area contributed by atoms with Crippen molar-refractivity contribution in [1.82, 2.24) is 14.9 Å². The van der Waals surface area contributed by atoms with Gasteiger partial charge in [0.15, 0.2) is 0 Å². The third kappa shape index (κ3) is 3.33. The summed E-state index contributed by atoms with van der Waals surface area (Å²) in [6.07, 6.45) is 0. The summed E-state index contributed by atoms with van der Waals surface area (Å²) < 4.78 is 0. The Hall–Kier alpha value is -1.40. The number of nitrogens with one attached hydrogen (secondary N) is 1. The molecule has 3 N–H and O–H groups in total. The van der Waals surface area contributed by atoms with Crippen LogP contribution < -0.4 is 11.1 Å². The molecular formula is C13H21N5S. The molecule has 2 rings (SSSR count). The molecule has 0 aliphatic rings. The minimum atomic E-state index is 0.324. The van der Waals surface area contributed by atoms with Gasteiger partial charge in [0.25, 0.3) is 0 Å². The molecule has 0 saturated carbocycles. The number of nitrogen functional groups attached to an aromatic ring is 1. The minimum absolute atomic E-state index is 0.324. The van der Waals surface area contributed by atoms with Crippen LogP contribution in [0.4, 0.5) is 11.8 Å². The third-order valence-electron chi connectivity index (χ3n) is 3.03. The number of fused-ring (bicyclic) bond motifs is 1. The first-order valence-corrected chi connectivity index (χ1v) is 7.27. The molecule has 0 amide bonds. The lowest BCUT2D eigenvalue weighted by atomic mass is 10.0. The summed E-state index contributed by atoms with van der Waals surface area (Å²) in [4.78, 5) is 11.7. The van der Waals surface area contributed by atoms with Gasteiger partial charge >= 0.3 is 0 Å². The molecule has 5 nitrogen and oxygen atoms in total. The van der Waals surface area contributed by atoms with Crippen LogP contribution in [0.15, 0.2) is 11.4 Å². The van der Waals surface area contributed by atoms with E-state index in [1.807, 2.05) is 11.4 Å². The Morgan fingerprint density at radius 2 is 2.11 bits per heavy atom. The Morgan fingerprint density at radius 3 is 2.74 bits per heavy atom. The molecule has 2 aromatic heterocycles. The SMILES string of the molecule is CC(C)C(CN(C)C)Nc1nc(N)nc2sccc12. The molecule has 0 fully saturated rings. The first-order valence-electron chi connectivity index (χ1n) is 6.39. The van der Waals surface area contributed by atoms with Crippen LogP contribution in [0, 0.1) is 5.92 Å². The second kappa shape index (κ2) is 5.71. The predicted octanol–water partition coefficient (Wildman–Crippen LogP) is 2.27. The number of nitrogens with zero attached hydrogens (tertiary/aromatic N) is 3. The van der Waals surface area contributed by atoms with Crippen molar-refractivity contribution in [3.8, 4) is 0 Å². The molecule has 0 aliphatic carbocycles. The van der Waals surface area contributed by atoms with Gasteiger partial charge in [-0.15, -0.1) is 11.3 Å². The van der Waals surface area contributed by atoms with Crippen LogP contribution in [0.2, 0.25) is 0 Å². The van der Waals surface area contributed by atoms with E-state index in [4.69, 9.17) is 5.73 Å². The first kappa shape index (κ1) is 14.0. The van der Waals surface area contributed by atoms with E-state index < -0.39 is 0 Å². The maximum atomic E-state index is 5.77. The van der Waals surface area contributed by atoms with E-state index in [-0.39, 0.29) is 0 Å². The summed E-state index contributed by atoms with van der Waals surface area (Å²) in [6.45, 7) is 5.36. The van der Waals surface area contributed by atoms with E-state index in [0.717, 1.165) is 22.6 Å². The number of likely N-dealkylation sites (N-methyl/N-ethyl adjacent to an activating group) is 1. The highest BCUT2D eigenvalue weighted by Gasteiger charge is 2.17. The molecule has 0 radical (unpaired) electrons. The van der Waals surface area contributed by atoms with Crippen LogP contribution in [0.5, 0.6) is 0 Å². The number of hydrogen-bond donors (Lipinski definition) is 2. The number of thiophene rings is 1. The van der Waals surface area contributed by atoms with Gasteiger partial charge in [0.1, 0.15) is 10.6 Å². The molecule has 6 heteroatoms. The summed E-state index contributed by atoms with van der Waals surface area (Å²) in [5.41, 5.74) is 5.77. The molecule has 19 heavy (non-hydrogen) atoms. The lowest BCUT2D eigenvalue weighted by molar-refractivity contribution is 0.344. The molecule has 1 unspecified atom stereocenters. The van der Waals surface area contributed by atoms with Gasteiger partial charge in [0.2, 0.25) is 5.95 Å². The number of rotatable bonds is 5. The molecule has 0 saturated heterocycles. The Balaban J connectivity index is 2.30. The van der Waals surface area contributed by atoms with Gasteiger partial charge in [-0.3, -0.25) is 0 Å². The van der Waals surface area contributed by atoms with E-state index in [1.54, 1.807) is 11.3 Å². The van der Waals surface area contributed by atoms with Gasteiger partial charge in [-0.25, -0.2) is 4.98 Å². The number of nitrogens with two attached hydrogens (primary N) is 1. The van der Waals surface area contributed by atoms with Crippen molar-refractivity contribution in [3.63, 3.8) is 0 Å². The maximum Gasteiger partial charge on any atom is 0.223 e. The average Bonchev–Trinajstić information content (AvgIpc) is 2.75. The van der Waals surface area contributed by atoms with Crippen LogP contribution in [0.1, 0.15) is 13.8 Å². The lowest BCUT2D eigenvalue weighted by Gasteiger charge is -2.26. The maximum absolute atomic E-state index is 5.77. The van der Waals surface area contributed by atoms with Crippen molar-refractivity contribution >= 4 is 33.3 Å². The van der Waals surface area contributed by atoms with Crippen LogP contribution >= 0.6 is 11.3 Å². The zero-order valence-electron chi connectivity index (χ0n) is 11.8. The van der Waals surface area contributed by atoms with E-state index in [1.165, 1.54) is 0 Å². The first-order chi connectivity index (χ1) is 8.97. The van der Waals surface area contributed by atoms with E-state index in [9.17, 15) is 0 Å². The number of aromatic nitrogens is 2. The van der Waals surface area contributed by atoms with Gasteiger partial charge in [0.05, 0.1) is 5.39 Å². The van der Waals surface area contributed by atoms with E-state index >= 15 is 0 Å². The summed E-state index contributed by atoms with van der Waals surface area (Å²) >= 11 is 1.58. The molecule has 2 heterocycles. The van der Waals surface area contributed by atoms with Crippen molar-refractivity contribution in [2.75, 3.05) is 31.7 Å². The standard InChI is InChI=1S/C13H21N5S/c1-8(2)10(7-18(3)4)15-11-9-5-6-19-12(9)17-13(14)16-11/h5-6,8,10H,7H2,1-4H3,(H3,14,15,16,17). The quantitative estimate of drug-likeness (QED) is 0.879. The highest BCUT2D eigenvalue weighted by Crippen LogP contribution is 2.26. The van der Waals surface area contributed by atoms with E-state index in [0.29, 0.717) is 17.9 Å². The van der Waals surface area contributed by atoms with Crippen molar-refractivity contribution in [1.29, 1.82) is 0 Å². The molecule has 0 bridgehead atoms. The highest BCUT2D eigenvalue weighted by molar-refractivity contribution is 7.16. The normalized spacial score (nSPS) is 13.4. The average molecular weight is 279 g/mol. The van der Waals surface area contributed by atoms with Gasteiger partial charge in [-0.05, 0) is 31.5 Å². The number of anilines is 2. The molecule has 104 valence electrons. The van der Waals surface area contributed by atoms with Crippen molar-refractivity contribution in [2.45, 2.75) is 19.9 Å². The summed E-state index contributed by atoms with van der Waals surface area (Å²) in [5.74, 6) is 1.67. The highest BCUT2D eigenvalue weighted by atomic mass is 32.1. The summed E-state index contributed by atoms with van der Waals surface area (Å²) in [5, 5.41) is 6.57. The van der Waals surface area contributed by atoms with Crippen molar-refractivity contribution in [2.24, 2.45) is 5.92 Å². The van der Waals surface area contributed by atoms with Crippen molar-refractivity contribution < 1.29 is 0 Å². The van der Waals surface area contributed by atoms with Crippen LogP contribution in [-0.4, -0.2) is 41.5 Å². The fourth-order valence-electron chi connectivity index (χ4n) is 1.97. The zero-order valence-corrected chi connectivity index (χ0v) is 12.7. The molecule has 2 aromatic rings. The van der Waals surface area contributed by atoms with Gasteiger partial charge in [-0.1, -0.05) is 13.8 Å². The monoisotopic (exact) mass is 279 g/mol. The molecule has 0 aromatic carbocycles.